The van der Waals surface area contributed by atoms with Crippen molar-refractivity contribution in [3.63, 3.8) is 0 Å². The van der Waals surface area contributed by atoms with Gasteiger partial charge in [0.1, 0.15) is 0 Å². The van der Waals surface area contributed by atoms with Crippen LogP contribution in [0.2, 0.25) is 0 Å². The van der Waals surface area contributed by atoms with Gasteiger partial charge in [-0.15, -0.1) is 0 Å². The number of sulfone groups is 1. The van der Waals surface area contributed by atoms with E-state index in [1.807, 2.05) is 0 Å². The summed E-state index contributed by atoms with van der Waals surface area (Å²) in [7, 11) is -2.87. The molecule has 1 heterocycles. The summed E-state index contributed by atoms with van der Waals surface area (Å²) in [6, 6.07) is 0.144. The molecule has 1 rings (SSSR count). The lowest BCUT2D eigenvalue weighted by Gasteiger charge is -2.34. The van der Waals surface area contributed by atoms with Crippen molar-refractivity contribution in [1.82, 2.24) is 5.32 Å². The standard InChI is InChI=1S/C13H27NO2S/c1-4-9-14-13(11(3)5-2)12-8-6-7-10-17(12,15)16/h11-14H,4-10H2,1-3H3. The number of hydrogen-bond donors (Lipinski definition) is 1. The van der Waals surface area contributed by atoms with Crippen LogP contribution in [0.5, 0.6) is 0 Å². The van der Waals surface area contributed by atoms with Gasteiger partial charge in [0.15, 0.2) is 9.84 Å². The van der Waals surface area contributed by atoms with Crippen LogP contribution in [0.3, 0.4) is 0 Å². The fourth-order valence-electron chi connectivity index (χ4n) is 2.65. The zero-order valence-electron chi connectivity index (χ0n) is 11.4. The van der Waals surface area contributed by atoms with Crippen LogP contribution in [0.4, 0.5) is 0 Å². The molecule has 0 bridgehead atoms. The highest BCUT2D eigenvalue weighted by molar-refractivity contribution is 7.92. The van der Waals surface area contributed by atoms with Gasteiger partial charge in [0.2, 0.25) is 0 Å². The third-order valence-electron chi connectivity index (χ3n) is 3.92. The lowest BCUT2D eigenvalue weighted by Crippen LogP contribution is -2.50. The van der Waals surface area contributed by atoms with Crippen molar-refractivity contribution in [3.05, 3.63) is 0 Å². The Morgan fingerprint density at radius 3 is 2.53 bits per heavy atom. The second-order valence-electron chi connectivity index (χ2n) is 5.27. The Morgan fingerprint density at radius 2 is 2.00 bits per heavy atom. The number of hydrogen-bond acceptors (Lipinski definition) is 3. The summed E-state index contributed by atoms with van der Waals surface area (Å²) < 4.78 is 24.3. The van der Waals surface area contributed by atoms with Crippen LogP contribution in [0.15, 0.2) is 0 Å². The summed E-state index contributed by atoms with van der Waals surface area (Å²) in [5, 5.41) is 3.31. The Kier molecular flexibility index (Phi) is 5.93. The minimum Gasteiger partial charge on any atom is -0.312 e. The van der Waals surface area contributed by atoms with Crippen LogP contribution in [-0.4, -0.2) is 32.0 Å². The summed E-state index contributed by atoms with van der Waals surface area (Å²) in [6.07, 6.45) is 4.84. The molecule has 1 saturated heterocycles. The molecule has 1 aliphatic rings. The summed E-state index contributed by atoms with van der Waals surface area (Å²) >= 11 is 0. The van der Waals surface area contributed by atoms with Crippen LogP contribution in [0, 0.1) is 5.92 Å². The van der Waals surface area contributed by atoms with Crippen molar-refractivity contribution in [3.8, 4) is 0 Å². The van der Waals surface area contributed by atoms with E-state index in [1.165, 1.54) is 0 Å². The van der Waals surface area contributed by atoms with Gasteiger partial charge < -0.3 is 5.32 Å². The van der Waals surface area contributed by atoms with E-state index in [0.717, 1.165) is 38.6 Å². The van der Waals surface area contributed by atoms with E-state index in [9.17, 15) is 8.42 Å². The lowest BCUT2D eigenvalue weighted by molar-refractivity contribution is 0.333. The van der Waals surface area contributed by atoms with Gasteiger partial charge in [-0.05, 0) is 31.7 Å². The van der Waals surface area contributed by atoms with Crippen molar-refractivity contribution >= 4 is 9.84 Å². The number of nitrogens with one attached hydrogen (secondary N) is 1. The average Bonchev–Trinajstić information content (AvgIpc) is 2.30. The first-order chi connectivity index (χ1) is 8.03. The van der Waals surface area contributed by atoms with Crippen molar-refractivity contribution in [2.45, 2.75) is 64.2 Å². The summed E-state index contributed by atoms with van der Waals surface area (Å²) in [6.45, 7) is 7.34. The summed E-state index contributed by atoms with van der Waals surface area (Å²) in [5.74, 6) is 0.817. The molecule has 0 spiro atoms. The second kappa shape index (κ2) is 6.74. The largest absolute Gasteiger partial charge is 0.312 e. The predicted molar refractivity (Wildman–Crippen MR) is 73.0 cm³/mol. The van der Waals surface area contributed by atoms with Crippen LogP contribution >= 0.6 is 0 Å². The predicted octanol–water partition coefficient (Wildman–Crippen LogP) is 2.37. The van der Waals surface area contributed by atoms with Gasteiger partial charge in [-0.1, -0.05) is 33.6 Å². The molecule has 3 atom stereocenters. The maximum Gasteiger partial charge on any atom is 0.154 e. The van der Waals surface area contributed by atoms with Gasteiger partial charge in [0.05, 0.1) is 11.0 Å². The molecule has 3 nitrogen and oxygen atoms in total. The maximum absolute atomic E-state index is 12.2. The molecule has 102 valence electrons. The van der Waals surface area contributed by atoms with Crippen molar-refractivity contribution in [1.29, 1.82) is 0 Å². The van der Waals surface area contributed by atoms with E-state index in [1.54, 1.807) is 0 Å². The highest BCUT2D eigenvalue weighted by atomic mass is 32.2. The Morgan fingerprint density at radius 1 is 1.29 bits per heavy atom. The molecule has 4 heteroatoms. The molecule has 0 aromatic rings. The lowest BCUT2D eigenvalue weighted by atomic mass is 9.93. The summed E-state index contributed by atoms with van der Waals surface area (Å²) in [4.78, 5) is 0. The molecule has 0 aromatic carbocycles. The summed E-state index contributed by atoms with van der Waals surface area (Å²) in [5.41, 5.74) is 0. The molecular formula is C13H27NO2S. The quantitative estimate of drug-likeness (QED) is 0.798. The van der Waals surface area contributed by atoms with Gasteiger partial charge in [0.25, 0.3) is 0 Å². The molecular weight excluding hydrogens is 234 g/mol. The van der Waals surface area contributed by atoms with E-state index < -0.39 is 9.84 Å². The third kappa shape index (κ3) is 3.95. The molecule has 3 unspecified atom stereocenters. The smallest absolute Gasteiger partial charge is 0.154 e. The van der Waals surface area contributed by atoms with Gasteiger partial charge in [0, 0.05) is 6.04 Å². The first kappa shape index (κ1) is 15.0. The molecule has 1 N–H and O–H groups in total. The first-order valence-corrected chi connectivity index (χ1v) is 8.69. The van der Waals surface area contributed by atoms with Gasteiger partial charge in [-0.3, -0.25) is 0 Å². The average molecular weight is 261 g/mol. The maximum atomic E-state index is 12.2. The molecule has 0 aliphatic carbocycles. The first-order valence-electron chi connectivity index (χ1n) is 6.97. The van der Waals surface area contributed by atoms with Crippen LogP contribution < -0.4 is 5.32 Å². The minimum absolute atomic E-state index is 0.144. The van der Waals surface area contributed by atoms with E-state index in [2.05, 4.69) is 26.1 Å². The SMILES string of the molecule is CCCNC(C(C)CC)C1CCCCS1(=O)=O. The second-order valence-corrected chi connectivity index (χ2v) is 7.61. The van der Waals surface area contributed by atoms with E-state index in [4.69, 9.17) is 0 Å². The Hall–Kier alpha value is -0.0900. The van der Waals surface area contributed by atoms with Crippen molar-refractivity contribution in [2.24, 2.45) is 5.92 Å². The van der Waals surface area contributed by atoms with E-state index in [0.29, 0.717) is 11.7 Å². The Balaban J connectivity index is 2.80. The van der Waals surface area contributed by atoms with Gasteiger partial charge in [-0.25, -0.2) is 8.42 Å². The molecule has 0 amide bonds. The normalized spacial score (nSPS) is 27.6. The monoisotopic (exact) mass is 261 g/mol. The van der Waals surface area contributed by atoms with Crippen LogP contribution in [0.25, 0.3) is 0 Å². The molecule has 1 fully saturated rings. The van der Waals surface area contributed by atoms with Crippen LogP contribution in [0.1, 0.15) is 52.9 Å². The Labute approximate surface area is 106 Å². The zero-order chi connectivity index (χ0) is 12.9. The fourth-order valence-corrected chi connectivity index (χ4v) is 4.89. The third-order valence-corrected chi connectivity index (χ3v) is 6.23. The molecule has 1 aliphatic heterocycles. The van der Waals surface area contributed by atoms with Crippen LogP contribution in [-0.2, 0) is 9.84 Å². The number of rotatable bonds is 6. The van der Waals surface area contributed by atoms with E-state index in [-0.39, 0.29) is 11.3 Å². The van der Waals surface area contributed by atoms with Crippen molar-refractivity contribution in [2.75, 3.05) is 12.3 Å². The molecule has 0 saturated carbocycles. The van der Waals surface area contributed by atoms with Gasteiger partial charge >= 0.3 is 0 Å². The Bertz CT molecular complexity index is 313. The highest BCUT2D eigenvalue weighted by Gasteiger charge is 2.37. The van der Waals surface area contributed by atoms with E-state index >= 15 is 0 Å². The molecule has 0 radical (unpaired) electrons. The minimum atomic E-state index is -2.87. The zero-order valence-corrected chi connectivity index (χ0v) is 12.2. The van der Waals surface area contributed by atoms with Crippen molar-refractivity contribution < 1.29 is 8.42 Å². The van der Waals surface area contributed by atoms with Gasteiger partial charge in [-0.2, -0.15) is 0 Å². The fraction of sp³-hybridized carbons (Fsp3) is 1.00. The topological polar surface area (TPSA) is 46.2 Å². The molecule has 0 aromatic heterocycles. The molecule has 17 heavy (non-hydrogen) atoms. The highest BCUT2D eigenvalue weighted by Crippen LogP contribution is 2.26.